The molecule has 0 amide bonds. The van der Waals surface area contributed by atoms with Crippen molar-refractivity contribution in [2.45, 2.75) is 20.4 Å². The van der Waals surface area contributed by atoms with Crippen LogP contribution in [0.15, 0.2) is 18.2 Å². The van der Waals surface area contributed by atoms with E-state index in [9.17, 15) is 0 Å². The molecule has 0 atom stereocenters. The van der Waals surface area contributed by atoms with Gasteiger partial charge in [-0.05, 0) is 30.5 Å². The first-order valence-corrected chi connectivity index (χ1v) is 6.83. The van der Waals surface area contributed by atoms with Crippen LogP contribution < -0.4 is 5.32 Å². The number of hydrogen-bond acceptors (Lipinski definition) is 3. The Hall–Kier alpha value is -0.900. The molecule has 1 aromatic carbocycles. The minimum absolute atomic E-state index is 0.886. The van der Waals surface area contributed by atoms with Crippen molar-refractivity contribution in [1.82, 2.24) is 10.2 Å². The topological polar surface area (TPSA) is 24.5 Å². The number of hydrogen-bond donors (Lipinski definition) is 1. The normalized spacial score (nSPS) is 17.0. The molecule has 3 nitrogen and oxygen atoms in total. The summed E-state index contributed by atoms with van der Waals surface area (Å²) in [6.45, 7) is 11.4. The number of nitrogens with one attached hydrogen (secondary N) is 1. The molecule has 1 aromatic rings. The van der Waals surface area contributed by atoms with Gasteiger partial charge in [0.05, 0.1) is 13.2 Å². The van der Waals surface area contributed by atoms with Gasteiger partial charge in [0.2, 0.25) is 0 Å². The van der Waals surface area contributed by atoms with Gasteiger partial charge in [0, 0.05) is 32.7 Å². The number of ether oxygens (including phenoxy) is 1. The lowest BCUT2D eigenvalue weighted by atomic mass is 10.0. The molecule has 0 bridgehead atoms. The van der Waals surface area contributed by atoms with E-state index in [0.717, 1.165) is 45.9 Å². The molecule has 0 spiro atoms. The van der Waals surface area contributed by atoms with Crippen molar-refractivity contribution in [2.75, 3.05) is 39.4 Å². The van der Waals surface area contributed by atoms with Crippen molar-refractivity contribution in [3.8, 4) is 0 Å². The lowest BCUT2D eigenvalue weighted by molar-refractivity contribution is 0.0384. The Kier molecular flexibility index (Phi) is 5.17. The first-order valence-electron chi connectivity index (χ1n) is 6.83. The molecule has 0 radical (unpaired) electrons. The molecule has 1 aliphatic rings. The summed E-state index contributed by atoms with van der Waals surface area (Å²) < 4.78 is 5.34. The Morgan fingerprint density at radius 2 is 1.83 bits per heavy atom. The van der Waals surface area contributed by atoms with Crippen LogP contribution in [0.5, 0.6) is 0 Å². The maximum Gasteiger partial charge on any atom is 0.0594 e. The van der Waals surface area contributed by atoms with Crippen molar-refractivity contribution >= 4 is 0 Å². The van der Waals surface area contributed by atoms with Gasteiger partial charge in [0.1, 0.15) is 0 Å². The summed E-state index contributed by atoms with van der Waals surface area (Å²) in [6, 6.07) is 6.50. The highest BCUT2D eigenvalue weighted by atomic mass is 16.5. The summed E-state index contributed by atoms with van der Waals surface area (Å²) in [5.41, 5.74) is 4.21. The number of morpholine rings is 1. The third-order valence-corrected chi connectivity index (χ3v) is 3.65. The minimum atomic E-state index is 0.886. The molecule has 1 N–H and O–H groups in total. The van der Waals surface area contributed by atoms with Gasteiger partial charge in [-0.1, -0.05) is 18.2 Å². The molecule has 1 saturated heterocycles. The Balaban J connectivity index is 1.71. The fourth-order valence-corrected chi connectivity index (χ4v) is 2.40. The van der Waals surface area contributed by atoms with E-state index in [1.54, 1.807) is 0 Å². The van der Waals surface area contributed by atoms with Gasteiger partial charge in [-0.2, -0.15) is 0 Å². The van der Waals surface area contributed by atoms with Crippen LogP contribution in [0.1, 0.15) is 16.7 Å². The van der Waals surface area contributed by atoms with Gasteiger partial charge in [-0.25, -0.2) is 0 Å². The predicted octanol–water partition coefficient (Wildman–Crippen LogP) is 1.73. The van der Waals surface area contributed by atoms with Crippen molar-refractivity contribution in [3.05, 3.63) is 34.9 Å². The summed E-state index contributed by atoms with van der Waals surface area (Å²) in [7, 11) is 0. The van der Waals surface area contributed by atoms with Crippen LogP contribution in [-0.4, -0.2) is 44.3 Å². The number of benzene rings is 1. The average molecular weight is 248 g/mol. The first-order chi connectivity index (χ1) is 8.77. The van der Waals surface area contributed by atoms with E-state index in [4.69, 9.17) is 4.74 Å². The molecule has 3 heteroatoms. The maximum absolute atomic E-state index is 5.34. The average Bonchev–Trinajstić information content (AvgIpc) is 2.38. The van der Waals surface area contributed by atoms with Crippen LogP contribution in [0.2, 0.25) is 0 Å². The Labute approximate surface area is 110 Å². The summed E-state index contributed by atoms with van der Waals surface area (Å²) in [5, 5.41) is 3.55. The van der Waals surface area contributed by atoms with Crippen LogP contribution in [-0.2, 0) is 11.3 Å². The Morgan fingerprint density at radius 1 is 1.17 bits per heavy atom. The van der Waals surface area contributed by atoms with Crippen molar-refractivity contribution < 1.29 is 4.74 Å². The molecule has 2 rings (SSSR count). The van der Waals surface area contributed by atoms with Crippen LogP contribution >= 0.6 is 0 Å². The number of rotatable bonds is 5. The molecule has 1 aliphatic heterocycles. The molecular formula is C15H24N2O. The second kappa shape index (κ2) is 6.88. The zero-order valence-electron chi connectivity index (χ0n) is 11.5. The summed E-state index contributed by atoms with van der Waals surface area (Å²) in [6.07, 6.45) is 0. The maximum atomic E-state index is 5.34. The smallest absolute Gasteiger partial charge is 0.0594 e. The molecular weight excluding hydrogens is 224 g/mol. The highest BCUT2D eigenvalue weighted by Gasteiger charge is 2.09. The number of aryl methyl sites for hydroxylation is 2. The van der Waals surface area contributed by atoms with Gasteiger partial charge in [-0.3, -0.25) is 4.90 Å². The molecule has 1 fully saturated rings. The lowest BCUT2D eigenvalue weighted by Crippen LogP contribution is -2.40. The monoisotopic (exact) mass is 248 g/mol. The van der Waals surface area contributed by atoms with Gasteiger partial charge >= 0.3 is 0 Å². The second-order valence-electron chi connectivity index (χ2n) is 5.00. The van der Waals surface area contributed by atoms with E-state index in [-0.39, 0.29) is 0 Å². The molecule has 0 aromatic heterocycles. The van der Waals surface area contributed by atoms with E-state index >= 15 is 0 Å². The van der Waals surface area contributed by atoms with Gasteiger partial charge < -0.3 is 10.1 Å². The van der Waals surface area contributed by atoms with Crippen LogP contribution in [0.4, 0.5) is 0 Å². The largest absolute Gasteiger partial charge is 0.379 e. The highest BCUT2D eigenvalue weighted by Crippen LogP contribution is 2.12. The molecule has 1 heterocycles. The van der Waals surface area contributed by atoms with E-state index in [1.165, 1.54) is 16.7 Å². The standard InChI is InChI=1S/C15H24N2O/c1-13-4-3-5-14(2)15(13)12-16-6-7-17-8-10-18-11-9-17/h3-5,16H,6-12H2,1-2H3. The van der Waals surface area contributed by atoms with Gasteiger partial charge in [0.15, 0.2) is 0 Å². The van der Waals surface area contributed by atoms with Crippen LogP contribution in [0, 0.1) is 13.8 Å². The Morgan fingerprint density at radius 3 is 2.50 bits per heavy atom. The van der Waals surface area contributed by atoms with Crippen molar-refractivity contribution in [1.29, 1.82) is 0 Å². The van der Waals surface area contributed by atoms with Gasteiger partial charge in [-0.15, -0.1) is 0 Å². The van der Waals surface area contributed by atoms with Crippen LogP contribution in [0.25, 0.3) is 0 Å². The third-order valence-electron chi connectivity index (χ3n) is 3.65. The van der Waals surface area contributed by atoms with E-state index < -0.39 is 0 Å². The number of nitrogens with zero attached hydrogens (tertiary/aromatic N) is 1. The second-order valence-corrected chi connectivity index (χ2v) is 5.00. The summed E-state index contributed by atoms with van der Waals surface area (Å²) in [4.78, 5) is 2.46. The zero-order chi connectivity index (χ0) is 12.8. The molecule has 18 heavy (non-hydrogen) atoms. The van der Waals surface area contributed by atoms with E-state index in [1.807, 2.05) is 0 Å². The first kappa shape index (κ1) is 13.5. The van der Waals surface area contributed by atoms with Crippen molar-refractivity contribution in [2.24, 2.45) is 0 Å². The fourth-order valence-electron chi connectivity index (χ4n) is 2.40. The fraction of sp³-hybridized carbons (Fsp3) is 0.600. The summed E-state index contributed by atoms with van der Waals surface area (Å²) >= 11 is 0. The summed E-state index contributed by atoms with van der Waals surface area (Å²) in [5.74, 6) is 0. The van der Waals surface area contributed by atoms with E-state index in [2.05, 4.69) is 42.3 Å². The third kappa shape index (κ3) is 3.80. The van der Waals surface area contributed by atoms with Crippen molar-refractivity contribution in [3.63, 3.8) is 0 Å². The molecule has 0 aliphatic carbocycles. The highest BCUT2D eigenvalue weighted by molar-refractivity contribution is 5.33. The zero-order valence-corrected chi connectivity index (χ0v) is 11.5. The molecule has 0 unspecified atom stereocenters. The quantitative estimate of drug-likeness (QED) is 0.803. The van der Waals surface area contributed by atoms with E-state index in [0.29, 0.717) is 0 Å². The SMILES string of the molecule is Cc1cccc(C)c1CNCCN1CCOCC1. The van der Waals surface area contributed by atoms with Crippen LogP contribution in [0.3, 0.4) is 0 Å². The lowest BCUT2D eigenvalue weighted by Gasteiger charge is -2.26. The molecule has 100 valence electrons. The van der Waals surface area contributed by atoms with Gasteiger partial charge in [0.25, 0.3) is 0 Å². The Bertz CT molecular complexity index is 353. The predicted molar refractivity (Wildman–Crippen MR) is 74.9 cm³/mol. The minimum Gasteiger partial charge on any atom is -0.379 e. The molecule has 0 saturated carbocycles.